The van der Waals surface area contributed by atoms with Crippen molar-refractivity contribution in [2.75, 3.05) is 6.54 Å². The first-order valence-electron chi connectivity index (χ1n) is 8.56. The Morgan fingerprint density at radius 2 is 1.67 bits per heavy atom. The van der Waals surface area contributed by atoms with Crippen molar-refractivity contribution >= 4 is 29.4 Å². The SMILES string of the molecule is O=C(O)CCCNC(=O)CC(NC(=O)c1ccccc1Cl)c1ccccc1. The fourth-order valence-corrected chi connectivity index (χ4v) is 2.77. The van der Waals surface area contributed by atoms with E-state index in [1.54, 1.807) is 24.3 Å². The van der Waals surface area contributed by atoms with Gasteiger partial charge in [-0.3, -0.25) is 14.4 Å². The number of carbonyl (C=O) groups is 3. The molecule has 0 saturated heterocycles. The first-order chi connectivity index (χ1) is 13.0. The van der Waals surface area contributed by atoms with Gasteiger partial charge in [-0.05, 0) is 24.1 Å². The van der Waals surface area contributed by atoms with Crippen molar-refractivity contribution in [3.63, 3.8) is 0 Å². The highest BCUT2D eigenvalue weighted by molar-refractivity contribution is 6.33. The average molecular weight is 389 g/mol. The number of hydrogen-bond donors (Lipinski definition) is 3. The molecule has 0 bridgehead atoms. The largest absolute Gasteiger partial charge is 0.481 e. The van der Waals surface area contributed by atoms with E-state index in [0.29, 0.717) is 17.0 Å². The molecule has 27 heavy (non-hydrogen) atoms. The molecule has 2 amide bonds. The van der Waals surface area contributed by atoms with Crippen molar-refractivity contribution < 1.29 is 19.5 Å². The monoisotopic (exact) mass is 388 g/mol. The third kappa shape index (κ3) is 6.75. The van der Waals surface area contributed by atoms with Gasteiger partial charge in [-0.15, -0.1) is 0 Å². The molecule has 0 aliphatic rings. The van der Waals surface area contributed by atoms with Gasteiger partial charge >= 0.3 is 5.97 Å². The Balaban J connectivity index is 2.04. The molecule has 0 aliphatic heterocycles. The summed E-state index contributed by atoms with van der Waals surface area (Å²) in [6, 6.07) is 15.3. The maximum atomic E-state index is 12.6. The second kappa shape index (κ2) is 10.3. The first-order valence-corrected chi connectivity index (χ1v) is 8.94. The molecular weight excluding hydrogens is 368 g/mol. The van der Waals surface area contributed by atoms with Crippen molar-refractivity contribution in [2.24, 2.45) is 0 Å². The summed E-state index contributed by atoms with van der Waals surface area (Å²) >= 11 is 6.08. The van der Waals surface area contributed by atoms with Gasteiger partial charge in [-0.25, -0.2) is 0 Å². The summed E-state index contributed by atoms with van der Waals surface area (Å²) in [4.78, 5) is 35.3. The minimum absolute atomic E-state index is 0.00830. The van der Waals surface area contributed by atoms with Crippen LogP contribution in [0.25, 0.3) is 0 Å². The van der Waals surface area contributed by atoms with Crippen LogP contribution in [0, 0.1) is 0 Å². The van der Waals surface area contributed by atoms with Crippen molar-refractivity contribution in [1.82, 2.24) is 10.6 Å². The third-order valence-electron chi connectivity index (χ3n) is 3.90. The molecule has 2 rings (SSSR count). The van der Waals surface area contributed by atoms with Crippen LogP contribution in [-0.2, 0) is 9.59 Å². The fourth-order valence-electron chi connectivity index (χ4n) is 2.54. The standard InChI is InChI=1S/C20H21ClN2O4/c21-16-10-5-4-9-15(16)20(27)23-17(14-7-2-1-3-8-14)13-18(24)22-12-6-11-19(25)26/h1-5,7-10,17H,6,11-13H2,(H,22,24)(H,23,27)(H,25,26). The van der Waals surface area contributed by atoms with Crippen molar-refractivity contribution in [1.29, 1.82) is 0 Å². The minimum atomic E-state index is -0.904. The smallest absolute Gasteiger partial charge is 0.303 e. The van der Waals surface area contributed by atoms with E-state index in [2.05, 4.69) is 10.6 Å². The quantitative estimate of drug-likeness (QED) is 0.575. The third-order valence-corrected chi connectivity index (χ3v) is 4.23. The van der Waals surface area contributed by atoms with Crippen LogP contribution in [0.15, 0.2) is 54.6 Å². The summed E-state index contributed by atoms with van der Waals surface area (Å²) in [5.41, 5.74) is 1.13. The molecule has 7 heteroatoms. The highest BCUT2D eigenvalue weighted by Gasteiger charge is 2.20. The zero-order valence-corrected chi connectivity index (χ0v) is 15.4. The number of carboxylic acids is 1. The van der Waals surface area contributed by atoms with E-state index >= 15 is 0 Å². The van der Waals surface area contributed by atoms with Crippen LogP contribution in [-0.4, -0.2) is 29.4 Å². The van der Waals surface area contributed by atoms with Gasteiger partial charge in [0, 0.05) is 13.0 Å². The maximum Gasteiger partial charge on any atom is 0.303 e. The number of halogens is 1. The predicted molar refractivity (Wildman–Crippen MR) is 103 cm³/mol. The van der Waals surface area contributed by atoms with Crippen LogP contribution in [0.3, 0.4) is 0 Å². The second-order valence-corrected chi connectivity index (χ2v) is 6.38. The molecule has 1 unspecified atom stereocenters. The van der Waals surface area contributed by atoms with Crippen LogP contribution in [0.2, 0.25) is 5.02 Å². The Morgan fingerprint density at radius 1 is 1.00 bits per heavy atom. The first kappa shape index (κ1) is 20.5. The number of rotatable bonds is 9. The van der Waals surface area contributed by atoms with Crippen LogP contribution in [0.1, 0.15) is 41.2 Å². The summed E-state index contributed by atoms with van der Waals surface area (Å²) in [7, 11) is 0. The molecule has 0 radical (unpaired) electrons. The molecule has 2 aromatic carbocycles. The molecule has 142 valence electrons. The Labute approximate surface area is 162 Å². The molecule has 0 fully saturated rings. The fraction of sp³-hybridized carbons (Fsp3) is 0.250. The molecule has 0 spiro atoms. The lowest BCUT2D eigenvalue weighted by Gasteiger charge is -2.19. The van der Waals surface area contributed by atoms with Gasteiger partial charge in [0.2, 0.25) is 5.91 Å². The highest BCUT2D eigenvalue weighted by Crippen LogP contribution is 2.20. The number of hydrogen-bond acceptors (Lipinski definition) is 3. The normalized spacial score (nSPS) is 11.4. The molecule has 1 atom stereocenters. The van der Waals surface area contributed by atoms with Crippen LogP contribution in [0.5, 0.6) is 0 Å². The Kier molecular flexibility index (Phi) is 7.82. The summed E-state index contributed by atoms with van der Waals surface area (Å²) < 4.78 is 0. The van der Waals surface area contributed by atoms with Crippen LogP contribution >= 0.6 is 11.6 Å². The summed E-state index contributed by atoms with van der Waals surface area (Å²) in [5, 5.41) is 14.5. The Hall–Kier alpha value is -2.86. The van der Waals surface area contributed by atoms with Gasteiger partial charge in [0.25, 0.3) is 5.91 Å². The number of amides is 2. The Morgan fingerprint density at radius 3 is 2.33 bits per heavy atom. The zero-order chi connectivity index (χ0) is 19.6. The van der Waals surface area contributed by atoms with Crippen molar-refractivity contribution in [2.45, 2.75) is 25.3 Å². The lowest BCUT2D eigenvalue weighted by molar-refractivity contribution is -0.137. The minimum Gasteiger partial charge on any atom is -0.481 e. The number of nitrogens with one attached hydrogen (secondary N) is 2. The van der Waals surface area contributed by atoms with Gasteiger partial charge in [0.05, 0.1) is 23.0 Å². The van der Waals surface area contributed by atoms with E-state index < -0.39 is 12.0 Å². The number of carboxylic acid groups (broad SMARTS) is 1. The molecule has 3 N–H and O–H groups in total. The molecule has 0 heterocycles. The van der Waals surface area contributed by atoms with E-state index in [4.69, 9.17) is 16.7 Å². The lowest BCUT2D eigenvalue weighted by atomic mass is 10.0. The van der Waals surface area contributed by atoms with E-state index in [9.17, 15) is 14.4 Å². The van der Waals surface area contributed by atoms with E-state index in [-0.39, 0.29) is 31.2 Å². The van der Waals surface area contributed by atoms with Gasteiger partial charge in [0.1, 0.15) is 0 Å². The molecule has 2 aromatic rings. The lowest BCUT2D eigenvalue weighted by Crippen LogP contribution is -2.34. The average Bonchev–Trinajstić information content (AvgIpc) is 2.65. The number of aliphatic carboxylic acids is 1. The van der Waals surface area contributed by atoms with Gasteiger partial charge < -0.3 is 15.7 Å². The molecular formula is C20H21ClN2O4. The summed E-state index contributed by atoms with van der Waals surface area (Å²) in [6.45, 7) is 0.269. The van der Waals surface area contributed by atoms with Crippen molar-refractivity contribution in [3.8, 4) is 0 Å². The predicted octanol–water partition coefficient (Wildman–Crippen LogP) is 3.18. The van der Waals surface area contributed by atoms with Gasteiger partial charge in [-0.1, -0.05) is 54.1 Å². The highest BCUT2D eigenvalue weighted by atomic mass is 35.5. The van der Waals surface area contributed by atoms with Gasteiger partial charge in [0.15, 0.2) is 0 Å². The summed E-state index contributed by atoms with van der Waals surface area (Å²) in [6.07, 6.45) is 0.377. The van der Waals surface area contributed by atoms with E-state index in [1.807, 2.05) is 30.3 Å². The van der Waals surface area contributed by atoms with Crippen molar-refractivity contribution in [3.05, 3.63) is 70.7 Å². The maximum absolute atomic E-state index is 12.6. The molecule has 0 saturated carbocycles. The molecule has 0 aromatic heterocycles. The van der Waals surface area contributed by atoms with Crippen LogP contribution in [0.4, 0.5) is 0 Å². The molecule has 6 nitrogen and oxygen atoms in total. The van der Waals surface area contributed by atoms with Gasteiger partial charge in [-0.2, -0.15) is 0 Å². The molecule has 0 aliphatic carbocycles. The topological polar surface area (TPSA) is 95.5 Å². The van der Waals surface area contributed by atoms with E-state index in [0.717, 1.165) is 5.56 Å². The zero-order valence-electron chi connectivity index (χ0n) is 14.7. The van der Waals surface area contributed by atoms with Crippen LogP contribution < -0.4 is 10.6 Å². The number of benzene rings is 2. The van der Waals surface area contributed by atoms with E-state index in [1.165, 1.54) is 0 Å². The second-order valence-electron chi connectivity index (χ2n) is 5.97. The number of carbonyl (C=O) groups excluding carboxylic acids is 2. The summed E-state index contributed by atoms with van der Waals surface area (Å²) in [5.74, 6) is -1.54. The Bertz CT molecular complexity index is 796.